The standard InChI is InChI=1S/C29H23FN2S/c1-29(2,3)18-14-16-19(17-15-18)32-25-13-5-4-12-24(25)31-28(32)22-10-6-8-20-21-9-7-11-23(30)27(21)33-26(20)22/h4-17H,1-3H3. The number of benzene rings is 4. The van der Waals surface area contributed by atoms with Crippen LogP contribution in [0.3, 0.4) is 0 Å². The van der Waals surface area contributed by atoms with Gasteiger partial charge in [-0.3, -0.25) is 4.57 Å². The molecule has 6 rings (SSSR count). The first-order chi connectivity index (χ1) is 15.9. The average Bonchev–Trinajstić information content (AvgIpc) is 3.38. The monoisotopic (exact) mass is 450 g/mol. The maximum atomic E-state index is 14.6. The molecule has 0 aliphatic heterocycles. The van der Waals surface area contributed by atoms with Crippen molar-refractivity contribution in [3.8, 4) is 17.1 Å². The van der Waals surface area contributed by atoms with E-state index in [0.717, 1.165) is 43.6 Å². The van der Waals surface area contributed by atoms with E-state index in [-0.39, 0.29) is 11.2 Å². The van der Waals surface area contributed by atoms with E-state index < -0.39 is 0 Å². The molecule has 162 valence electrons. The molecule has 0 aliphatic rings. The van der Waals surface area contributed by atoms with Gasteiger partial charge in [-0.25, -0.2) is 9.37 Å². The van der Waals surface area contributed by atoms with Crippen molar-refractivity contribution in [2.45, 2.75) is 26.2 Å². The van der Waals surface area contributed by atoms with Crippen molar-refractivity contribution in [1.29, 1.82) is 0 Å². The van der Waals surface area contributed by atoms with Crippen LogP contribution < -0.4 is 0 Å². The van der Waals surface area contributed by atoms with E-state index in [9.17, 15) is 4.39 Å². The van der Waals surface area contributed by atoms with Crippen molar-refractivity contribution in [2.75, 3.05) is 0 Å². The zero-order chi connectivity index (χ0) is 22.7. The highest BCUT2D eigenvalue weighted by molar-refractivity contribution is 7.26. The van der Waals surface area contributed by atoms with E-state index in [2.05, 4.69) is 67.8 Å². The van der Waals surface area contributed by atoms with Crippen LogP contribution in [0, 0.1) is 5.82 Å². The molecule has 0 fully saturated rings. The molecule has 2 aromatic heterocycles. The second-order valence-electron chi connectivity index (χ2n) is 9.46. The molecule has 0 saturated heterocycles. The third kappa shape index (κ3) is 3.17. The van der Waals surface area contributed by atoms with Crippen LogP contribution >= 0.6 is 11.3 Å². The fourth-order valence-corrected chi connectivity index (χ4v) is 5.76. The number of para-hydroxylation sites is 2. The number of rotatable bonds is 2. The Labute approximate surface area is 195 Å². The summed E-state index contributed by atoms with van der Waals surface area (Å²) in [5, 5.41) is 2.02. The second-order valence-corrected chi connectivity index (χ2v) is 10.5. The summed E-state index contributed by atoms with van der Waals surface area (Å²) < 4.78 is 18.6. The molecule has 0 radical (unpaired) electrons. The molecule has 0 bridgehead atoms. The minimum atomic E-state index is -0.175. The molecule has 4 heteroatoms. The molecular formula is C29H23FN2S. The predicted molar refractivity (Wildman–Crippen MR) is 138 cm³/mol. The van der Waals surface area contributed by atoms with Crippen LogP contribution in [0.25, 0.3) is 48.3 Å². The molecule has 0 atom stereocenters. The third-order valence-corrected chi connectivity index (χ3v) is 7.53. The molecule has 2 heterocycles. The fraction of sp³-hybridized carbons (Fsp3) is 0.138. The van der Waals surface area contributed by atoms with E-state index in [1.165, 1.54) is 23.0 Å². The first kappa shape index (κ1) is 20.1. The first-order valence-corrected chi connectivity index (χ1v) is 11.9. The van der Waals surface area contributed by atoms with Crippen LogP contribution in [0.5, 0.6) is 0 Å². The van der Waals surface area contributed by atoms with Gasteiger partial charge in [0.25, 0.3) is 0 Å². The molecule has 0 N–H and O–H groups in total. The van der Waals surface area contributed by atoms with E-state index in [4.69, 9.17) is 4.98 Å². The Balaban J connectivity index is 1.65. The van der Waals surface area contributed by atoms with Gasteiger partial charge in [0, 0.05) is 26.7 Å². The normalized spacial score (nSPS) is 12.2. The van der Waals surface area contributed by atoms with E-state index in [1.807, 2.05) is 30.3 Å². The van der Waals surface area contributed by atoms with Gasteiger partial charge in [-0.2, -0.15) is 0 Å². The molecule has 4 aromatic carbocycles. The Kier molecular flexibility index (Phi) is 4.43. The number of imidazole rings is 1. The van der Waals surface area contributed by atoms with Crippen molar-refractivity contribution in [3.05, 3.63) is 96.3 Å². The van der Waals surface area contributed by atoms with Gasteiger partial charge in [-0.1, -0.05) is 69.3 Å². The second kappa shape index (κ2) is 7.26. The van der Waals surface area contributed by atoms with Crippen molar-refractivity contribution < 1.29 is 4.39 Å². The number of halogens is 1. The summed E-state index contributed by atoms with van der Waals surface area (Å²) in [4.78, 5) is 5.05. The summed E-state index contributed by atoms with van der Waals surface area (Å²) in [5.41, 5.74) is 5.46. The van der Waals surface area contributed by atoms with Gasteiger partial charge in [0.2, 0.25) is 0 Å². The molecule has 33 heavy (non-hydrogen) atoms. The highest BCUT2D eigenvalue weighted by Crippen LogP contribution is 2.41. The number of hydrogen-bond acceptors (Lipinski definition) is 2. The summed E-state index contributed by atoms with van der Waals surface area (Å²) >= 11 is 1.50. The van der Waals surface area contributed by atoms with Crippen LogP contribution in [0.1, 0.15) is 26.3 Å². The number of thiophene rings is 1. The van der Waals surface area contributed by atoms with Gasteiger partial charge < -0.3 is 0 Å². The zero-order valence-corrected chi connectivity index (χ0v) is 19.6. The van der Waals surface area contributed by atoms with Crippen LogP contribution in [-0.4, -0.2) is 9.55 Å². The molecule has 0 spiro atoms. The maximum absolute atomic E-state index is 14.6. The lowest BCUT2D eigenvalue weighted by atomic mass is 9.87. The van der Waals surface area contributed by atoms with E-state index in [1.54, 1.807) is 6.07 Å². The van der Waals surface area contributed by atoms with Crippen LogP contribution in [0.2, 0.25) is 0 Å². The lowest BCUT2D eigenvalue weighted by molar-refractivity contribution is 0.590. The van der Waals surface area contributed by atoms with Crippen molar-refractivity contribution in [1.82, 2.24) is 9.55 Å². The predicted octanol–water partition coefficient (Wildman–Crippen LogP) is 8.50. The molecule has 0 amide bonds. The van der Waals surface area contributed by atoms with E-state index >= 15 is 0 Å². The summed E-state index contributed by atoms with van der Waals surface area (Å²) in [6.45, 7) is 6.67. The largest absolute Gasteiger partial charge is 0.292 e. The first-order valence-electron chi connectivity index (χ1n) is 11.1. The SMILES string of the molecule is CC(C)(C)c1ccc(-n2c(-c3cccc4c3sc3c(F)cccc34)nc3ccccc32)cc1. The number of aromatic nitrogens is 2. The highest BCUT2D eigenvalue weighted by Gasteiger charge is 2.20. The van der Waals surface area contributed by atoms with Gasteiger partial charge in [0.15, 0.2) is 0 Å². The lowest BCUT2D eigenvalue weighted by Crippen LogP contribution is -2.11. The minimum absolute atomic E-state index is 0.0884. The molecule has 2 nitrogen and oxygen atoms in total. The fourth-order valence-electron chi connectivity index (χ4n) is 4.54. The Morgan fingerprint density at radius 1 is 0.758 bits per heavy atom. The maximum Gasteiger partial charge on any atom is 0.147 e. The highest BCUT2D eigenvalue weighted by atomic mass is 32.1. The van der Waals surface area contributed by atoms with Crippen molar-refractivity contribution in [2.24, 2.45) is 0 Å². The molecule has 0 aliphatic carbocycles. The number of fused-ring (bicyclic) bond motifs is 4. The Morgan fingerprint density at radius 3 is 2.21 bits per heavy atom. The minimum Gasteiger partial charge on any atom is -0.292 e. The molecular weight excluding hydrogens is 427 g/mol. The Bertz CT molecular complexity index is 1650. The lowest BCUT2D eigenvalue weighted by Gasteiger charge is -2.19. The summed E-state index contributed by atoms with van der Waals surface area (Å²) in [6.07, 6.45) is 0. The number of nitrogens with zero attached hydrogens (tertiary/aromatic N) is 2. The van der Waals surface area contributed by atoms with Crippen molar-refractivity contribution in [3.63, 3.8) is 0 Å². The molecule has 0 unspecified atom stereocenters. The van der Waals surface area contributed by atoms with Gasteiger partial charge in [0.1, 0.15) is 11.6 Å². The topological polar surface area (TPSA) is 17.8 Å². The average molecular weight is 451 g/mol. The molecule has 0 saturated carbocycles. The smallest absolute Gasteiger partial charge is 0.147 e. The Morgan fingerprint density at radius 2 is 1.45 bits per heavy atom. The summed E-state index contributed by atoms with van der Waals surface area (Å²) in [6, 6.07) is 28.5. The van der Waals surface area contributed by atoms with E-state index in [0.29, 0.717) is 4.70 Å². The Hall–Kier alpha value is -3.50. The van der Waals surface area contributed by atoms with Gasteiger partial charge >= 0.3 is 0 Å². The van der Waals surface area contributed by atoms with Crippen molar-refractivity contribution >= 4 is 42.5 Å². The van der Waals surface area contributed by atoms with Crippen LogP contribution in [0.15, 0.2) is 84.9 Å². The van der Waals surface area contributed by atoms with Gasteiger partial charge in [-0.05, 0) is 47.4 Å². The summed E-state index contributed by atoms with van der Waals surface area (Å²) in [7, 11) is 0. The van der Waals surface area contributed by atoms with Gasteiger partial charge in [-0.15, -0.1) is 11.3 Å². The van der Waals surface area contributed by atoms with Crippen LogP contribution in [0.4, 0.5) is 4.39 Å². The van der Waals surface area contributed by atoms with Gasteiger partial charge in [0.05, 0.1) is 15.7 Å². The van der Waals surface area contributed by atoms with Crippen LogP contribution in [-0.2, 0) is 5.41 Å². The number of hydrogen-bond donors (Lipinski definition) is 0. The summed E-state index contributed by atoms with van der Waals surface area (Å²) in [5.74, 6) is 0.697. The zero-order valence-electron chi connectivity index (χ0n) is 18.8. The quantitative estimate of drug-likeness (QED) is 0.259. The molecule has 6 aromatic rings. The third-order valence-electron chi connectivity index (χ3n) is 6.27.